The SMILES string of the molecule is COc1ccc(C)cc1C(C)NC(=O)NC(C)c1ccc(NC(=O)C2CC2)cc1. The van der Waals surface area contributed by atoms with E-state index in [-0.39, 0.29) is 29.9 Å². The van der Waals surface area contributed by atoms with Crippen LogP contribution in [0.5, 0.6) is 5.75 Å². The zero-order valence-electron chi connectivity index (χ0n) is 17.4. The Bertz CT molecular complexity index is 875. The first-order valence-corrected chi connectivity index (χ1v) is 9.99. The quantitative estimate of drug-likeness (QED) is 0.647. The first-order valence-electron chi connectivity index (χ1n) is 9.99. The Morgan fingerprint density at radius 2 is 1.66 bits per heavy atom. The van der Waals surface area contributed by atoms with Crippen LogP contribution in [-0.4, -0.2) is 19.0 Å². The van der Waals surface area contributed by atoms with Gasteiger partial charge in [0, 0.05) is 17.2 Å². The first-order chi connectivity index (χ1) is 13.9. The van der Waals surface area contributed by atoms with Crippen LogP contribution in [0.2, 0.25) is 0 Å². The minimum Gasteiger partial charge on any atom is -0.496 e. The summed E-state index contributed by atoms with van der Waals surface area (Å²) in [6, 6.07) is 12.9. The van der Waals surface area contributed by atoms with E-state index in [1.807, 2.05) is 63.2 Å². The standard InChI is InChI=1S/C23H29N3O3/c1-14-5-12-21(29-4)20(13-14)16(3)25-23(28)24-15(2)17-8-10-19(11-9-17)26-22(27)18-6-7-18/h5,8-13,15-16,18H,6-7H2,1-4H3,(H,26,27)(H2,24,25,28). The zero-order chi connectivity index (χ0) is 21.0. The molecule has 1 aliphatic rings. The maximum absolute atomic E-state index is 12.5. The summed E-state index contributed by atoms with van der Waals surface area (Å²) in [4.78, 5) is 24.3. The van der Waals surface area contributed by atoms with Gasteiger partial charge in [-0.25, -0.2) is 4.79 Å². The number of methoxy groups -OCH3 is 1. The molecule has 0 spiro atoms. The molecule has 0 heterocycles. The minimum atomic E-state index is -0.250. The maximum Gasteiger partial charge on any atom is 0.315 e. The largest absolute Gasteiger partial charge is 0.496 e. The van der Waals surface area contributed by atoms with Gasteiger partial charge in [-0.2, -0.15) is 0 Å². The van der Waals surface area contributed by atoms with Crippen LogP contribution in [0.1, 0.15) is 55.5 Å². The monoisotopic (exact) mass is 395 g/mol. The third-order valence-corrected chi connectivity index (χ3v) is 5.17. The predicted octanol–water partition coefficient (Wildman–Crippen LogP) is 4.47. The molecule has 3 rings (SSSR count). The number of benzene rings is 2. The minimum absolute atomic E-state index is 0.0869. The number of anilines is 1. The van der Waals surface area contributed by atoms with E-state index in [0.29, 0.717) is 0 Å². The number of carbonyl (C=O) groups is 2. The van der Waals surface area contributed by atoms with Gasteiger partial charge in [0.15, 0.2) is 0 Å². The Labute approximate surface area is 172 Å². The molecular weight excluding hydrogens is 366 g/mol. The highest BCUT2D eigenvalue weighted by Gasteiger charge is 2.29. The number of aryl methyl sites for hydroxylation is 1. The van der Waals surface area contributed by atoms with E-state index in [9.17, 15) is 9.59 Å². The van der Waals surface area contributed by atoms with E-state index in [0.717, 1.165) is 41.0 Å². The molecule has 1 aliphatic carbocycles. The van der Waals surface area contributed by atoms with Gasteiger partial charge >= 0.3 is 6.03 Å². The Morgan fingerprint density at radius 1 is 1.00 bits per heavy atom. The second kappa shape index (κ2) is 8.99. The lowest BCUT2D eigenvalue weighted by Crippen LogP contribution is -2.38. The van der Waals surface area contributed by atoms with Crippen LogP contribution in [0.4, 0.5) is 10.5 Å². The molecule has 6 nitrogen and oxygen atoms in total. The summed E-state index contributed by atoms with van der Waals surface area (Å²) in [6.45, 7) is 5.86. The molecule has 2 aromatic carbocycles. The van der Waals surface area contributed by atoms with Crippen molar-refractivity contribution in [3.63, 3.8) is 0 Å². The van der Waals surface area contributed by atoms with Crippen molar-refractivity contribution in [3.8, 4) is 5.75 Å². The smallest absolute Gasteiger partial charge is 0.315 e. The van der Waals surface area contributed by atoms with Crippen LogP contribution in [0.15, 0.2) is 42.5 Å². The predicted molar refractivity (Wildman–Crippen MR) is 114 cm³/mol. The molecule has 1 fully saturated rings. The number of hydrogen-bond donors (Lipinski definition) is 3. The third-order valence-electron chi connectivity index (χ3n) is 5.17. The van der Waals surface area contributed by atoms with E-state index in [1.54, 1.807) is 7.11 Å². The molecular formula is C23H29N3O3. The van der Waals surface area contributed by atoms with Gasteiger partial charge in [-0.1, -0.05) is 29.8 Å². The van der Waals surface area contributed by atoms with Crippen molar-refractivity contribution in [1.82, 2.24) is 10.6 Å². The Hall–Kier alpha value is -3.02. The highest BCUT2D eigenvalue weighted by molar-refractivity contribution is 5.94. The van der Waals surface area contributed by atoms with Gasteiger partial charge in [0.1, 0.15) is 5.75 Å². The average Bonchev–Trinajstić information content (AvgIpc) is 3.53. The van der Waals surface area contributed by atoms with Crippen LogP contribution < -0.4 is 20.7 Å². The topological polar surface area (TPSA) is 79.5 Å². The lowest BCUT2D eigenvalue weighted by molar-refractivity contribution is -0.117. The molecule has 0 aliphatic heterocycles. The van der Waals surface area contributed by atoms with E-state index in [1.165, 1.54) is 0 Å². The molecule has 29 heavy (non-hydrogen) atoms. The van der Waals surface area contributed by atoms with Crippen molar-refractivity contribution in [2.75, 3.05) is 12.4 Å². The van der Waals surface area contributed by atoms with Crippen LogP contribution >= 0.6 is 0 Å². The molecule has 0 aromatic heterocycles. The number of urea groups is 1. The van der Waals surface area contributed by atoms with Crippen LogP contribution in [0, 0.1) is 12.8 Å². The average molecular weight is 396 g/mol. The second-order valence-electron chi connectivity index (χ2n) is 7.69. The fourth-order valence-corrected chi connectivity index (χ4v) is 3.23. The highest BCUT2D eigenvalue weighted by atomic mass is 16.5. The number of ether oxygens (including phenoxy) is 1. The highest BCUT2D eigenvalue weighted by Crippen LogP contribution is 2.30. The van der Waals surface area contributed by atoms with Crippen molar-refractivity contribution < 1.29 is 14.3 Å². The summed E-state index contributed by atoms with van der Waals surface area (Å²) in [6.07, 6.45) is 1.96. The normalized spacial score (nSPS) is 15.2. The summed E-state index contributed by atoms with van der Waals surface area (Å²) >= 11 is 0. The number of rotatable bonds is 7. The van der Waals surface area contributed by atoms with Crippen LogP contribution in [0.25, 0.3) is 0 Å². The van der Waals surface area contributed by atoms with Crippen molar-refractivity contribution in [1.29, 1.82) is 0 Å². The van der Waals surface area contributed by atoms with Crippen LogP contribution in [0.3, 0.4) is 0 Å². The van der Waals surface area contributed by atoms with Gasteiger partial charge in [0.25, 0.3) is 0 Å². The summed E-state index contributed by atoms with van der Waals surface area (Å²) < 4.78 is 5.41. The van der Waals surface area contributed by atoms with Gasteiger partial charge < -0.3 is 20.7 Å². The van der Waals surface area contributed by atoms with E-state index in [4.69, 9.17) is 4.74 Å². The van der Waals surface area contributed by atoms with Crippen molar-refractivity contribution in [3.05, 3.63) is 59.2 Å². The molecule has 0 bridgehead atoms. The summed E-state index contributed by atoms with van der Waals surface area (Å²) in [5.74, 6) is 1.01. The molecule has 2 unspecified atom stereocenters. The molecule has 0 saturated heterocycles. The Kier molecular flexibility index (Phi) is 6.42. The lowest BCUT2D eigenvalue weighted by atomic mass is 10.0. The fraction of sp³-hybridized carbons (Fsp3) is 0.391. The molecule has 2 atom stereocenters. The lowest BCUT2D eigenvalue weighted by Gasteiger charge is -2.21. The summed E-state index contributed by atoms with van der Waals surface area (Å²) in [7, 11) is 1.62. The van der Waals surface area contributed by atoms with E-state index in [2.05, 4.69) is 16.0 Å². The van der Waals surface area contributed by atoms with E-state index >= 15 is 0 Å². The van der Waals surface area contributed by atoms with Crippen molar-refractivity contribution in [2.45, 2.75) is 45.7 Å². The van der Waals surface area contributed by atoms with Gasteiger partial charge in [-0.15, -0.1) is 0 Å². The van der Waals surface area contributed by atoms with Crippen LogP contribution in [-0.2, 0) is 4.79 Å². The molecule has 1 saturated carbocycles. The number of hydrogen-bond acceptors (Lipinski definition) is 3. The Balaban J connectivity index is 1.55. The third kappa shape index (κ3) is 5.50. The van der Waals surface area contributed by atoms with E-state index < -0.39 is 0 Å². The number of nitrogens with one attached hydrogen (secondary N) is 3. The zero-order valence-corrected chi connectivity index (χ0v) is 17.4. The molecule has 154 valence electrons. The van der Waals surface area contributed by atoms with Gasteiger partial charge in [0.2, 0.25) is 5.91 Å². The fourth-order valence-electron chi connectivity index (χ4n) is 3.23. The molecule has 3 N–H and O–H groups in total. The number of amides is 3. The molecule has 2 aromatic rings. The maximum atomic E-state index is 12.5. The number of carbonyl (C=O) groups excluding carboxylic acids is 2. The van der Waals surface area contributed by atoms with Crippen molar-refractivity contribution >= 4 is 17.6 Å². The molecule has 6 heteroatoms. The first kappa shape index (κ1) is 20.7. The molecule has 3 amide bonds. The van der Waals surface area contributed by atoms with Gasteiger partial charge in [-0.05, 0) is 57.4 Å². The van der Waals surface area contributed by atoms with Crippen molar-refractivity contribution in [2.24, 2.45) is 5.92 Å². The molecule has 0 radical (unpaired) electrons. The van der Waals surface area contributed by atoms with Gasteiger partial charge in [0.05, 0.1) is 19.2 Å². The van der Waals surface area contributed by atoms with Gasteiger partial charge in [-0.3, -0.25) is 4.79 Å². The second-order valence-corrected chi connectivity index (χ2v) is 7.69. The Morgan fingerprint density at radius 3 is 2.28 bits per heavy atom. The summed E-state index contributed by atoms with van der Waals surface area (Å²) in [5.41, 5.74) is 3.79. The summed E-state index contributed by atoms with van der Waals surface area (Å²) in [5, 5.41) is 8.85.